The SMILES string of the molecule is CC(=O)N(CCNC(=O)NC(C)C)c1ccc(Cl)cc1Cl. The minimum absolute atomic E-state index is 0.0552. The molecule has 5 nitrogen and oxygen atoms in total. The Balaban J connectivity index is 2.67. The number of carbonyl (C=O) groups is 2. The third-order valence-corrected chi connectivity index (χ3v) is 3.16. The van der Waals surface area contributed by atoms with Crippen LogP contribution >= 0.6 is 23.2 Å². The van der Waals surface area contributed by atoms with Crippen LogP contribution in [0.15, 0.2) is 18.2 Å². The quantitative estimate of drug-likeness (QED) is 0.871. The van der Waals surface area contributed by atoms with Gasteiger partial charge in [-0.05, 0) is 32.0 Å². The molecule has 0 fully saturated rings. The van der Waals surface area contributed by atoms with Gasteiger partial charge in [0.05, 0.1) is 10.7 Å². The standard InChI is InChI=1S/C14H19Cl2N3O2/c1-9(2)18-14(21)17-6-7-19(10(3)20)13-5-4-11(15)8-12(13)16/h4-5,8-9H,6-7H2,1-3H3,(H2,17,18,21). The highest BCUT2D eigenvalue weighted by molar-refractivity contribution is 6.36. The molecule has 7 heteroatoms. The fourth-order valence-electron chi connectivity index (χ4n) is 1.74. The molecule has 116 valence electrons. The van der Waals surface area contributed by atoms with Crippen LogP contribution in [0.5, 0.6) is 0 Å². The molecule has 3 amide bonds. The average Bonchev–Trinajstić information content (AvgIpc) is 2.34. The van der Waals surface area contributed by atoms with Gasteiger partial charge < -0.3 is 15.5 Å². The van der Waals surface area contributed by atoms with Crippen LogP contribution in [-0.4, -0.2) is 31.1 Å². The van der Waals surface area contributed by atoms with Gasteiger partial charge in [-0.15, -0.1) is 0 Å². The number of hydrogen-bond donors (Lipinski definition) is 2. The van der Waals surface area contributed by atoms with Crippen molar-refractivity contribution in [2.24, 2.45) is 0 Å². The molecule has 1 rings (SSSR count). The Morgan fingerprint density at radius 2 is 1.95 bits per heavy atom. The summed E-state index contributed by atoms with van der Waals surface area (Å²) >= 11 is 11.9. The summed E-state index contributed by atoms with van der Waals surface area (Å²) in [7, 11) is 0. The van der Waals surface area contributed by atoms with Crippen LogP contribution < -0.4 is 15.5 Å². The van der Waals surface area contributed by atoms with Gasteiger partial charge in [-0.1, -0.05) is 23.2 Å². The molecule has 0 bridgehead atoms. The Kier molecular flexibility index (Phi) is 6.78. The van der Waals surface area contributed by atoms with Gasteiger partial charge in [0.1, 0.15) is 0 Å². The summed E-state index contributed by atoms with van der Waals surface area (Å²) in [6.45, 7) is 5.82. The lowest BCUT2D eigenvalue weighted by Gasteiger charge is -2.23. The molecule has 0 saturated carbocycles. The highest BCUT2D eigenvalue weighted by atomic mass is 35.5. The van der Waals surface area contributed by atoms with Crippen LogP contribution in [0.1, 0.15) is 20.8 Å². The lowest BCUT2D eigenvalue weighted by atomic mass is 10.2. The molecule has 2 N–H and O–H groups in total. The van der Waals surface area contributed by atoms with Crippen LogP contribution in [0.4, 0.5) is 10.5 Å². The average molecular weight is 332 g/mol. The zero-order chi connectivity index (χ0) is 16.0. The van der Waals surface area contributed by atoms with Crippen molar-refractivity contribution in [1.82, 2.24) is 10.6 Å². The lowest BCUT2D eigenvalue weighted by molar-refractivity contribution is -0.116. The van der Waals surface area contributed by atoms with Crippen molar-refractivity contribution in [3.8, 4) is 0 Å². The topological polar surface area (TPSA) is 61.4 Å². The Hall–Kier alpha value is -1.46. The monoisotopic (exact) mass is 331 g/mol. The number of urea groups is 1. The molecule has 0 aliphatic carbocycles. The second-order valence-corrected chi connectivity index (χ2v) is 5.66. The zero-order valence-corrected chi connectivity index (χ0v) is 13.8. The number of halogens is 2. The molecule has 0 aliphatic heterocycles. The molecule has 1 aromatic rings. The molecule has 0 aliphatic rings. The van der Waals surface area contributed by atoms with Crippen molar-refractivity contribution in [2.75, 3.05) is 18.0 Å². The van der Waals surface area contributed by atoms with Crippen molar-refractivity contribution in [3.63, 3.8) is 0 Å². The van der Waals surface area contributed by atoms with E-state index in [1.165, 1.54) is 11.8 Å². The van der Waals surface area contributed by atoms with Crippen molar-refractivity contribution < 1.29 is 9.59 Å². The Bertz CT molecular complexity index is 521. The minimum Gasteiger partial charge on any atom is -0.336 e. The third kappa shape index (κ3) is 5.81. The van der Waals surface area contributed by atoms with E-state index in [9.17, 15) is 9.59 Å². The maximum absolute atomic E-state index is 11.7. The van der Waals surface area contributed by atoms with Crippen molar-refractivity contribution in [2.45, 2.75) is 26.8 Å². The van der Waals surface area contributed by atoms with E-state index in [1.807, 2.05) is 13.8 Å². The van der Waals surface area contributed by atoms with Gasteiger partial charge in [0.2, 0.25) is 5.91 Å². The number of anilines is 1. The fraction of sp³-hybridized carbons (Fsp3) is 0.429. The third-order valence-electron chi connectivity index (χ3n) is 2.62. The molecular formula is C14H19Cl2N3O2. The van der Waals surface area contributed by atoms with Crippen molar-refractivity contribution >= 4 is 40.8 Å². The summed E-state index contributed by atoms with van der Waals surface area (Å²) < 4.78 is 0. The molecular weight excluding hydrogens is 313 g/mol. The van der Waals surface area contributed by atoms with Gasteiger partial charge in [0.15, 0.2) is 0 Å². The number of amides is 3. The van der Waals surface area contributed by atoms with E-state index in [1.54, 1.807) is 18.2 Å². The van der Waals surface area contributed by atoms with Gasteiger partial charge in [0.25, 0.3) is 0 Å². The molecule has 0 atom stereocenters. The highest BCUT2D eigenvalue weighted by Gasteiger charge is 2.15. The van der Waals surface area contributed by atoms with E-state index in [0.717, 1.165) is 0 Å². The highest BCUT2D eigenvalue weighted by Crippen LogP contribution is 2.28. The summed E-state index contributed by atoms with van der Waals surface area (Å²) in [5.41, 5.74) is 0.569. The number of carbonyl (C=O) groups excluding carboxylic acids is 2. The largest absolute Gasteiger partial charge is 0.336 e. The predicted molar refractivity (Wildman–Crippen MR) is 86.2 cm³/mol. The second-order valence-electron chi connectivity index (χ2n) is 4.82. The summed E-state index contributed by atoms with van der Waals surface area (Å²) in [6.07, 6.45) is 0. The molecule has 0 aromatic heterocycles. The molecule has 0 unspecified atom stereocenters. The summed E-state index contributed by atoms with van der Waals surface area (Å²) in [5, 5.41) is 6.29. The minimum atomic E-state index is -0.268. The molecule has 0 spiro atoms. The van der Waals surface area contributed by atoms with Crippen LogP contribution in [-0.2, 0) is 4.79 Å². The first-order chi connectivity index (χ1) is 9.81. The first-order valence-corrected chi connectivity index (χ1v) is 7.34. The van der Waals surface area contributed by atoms with E-state index >= 15 is 0 Å². The Morgan fingerprint density at radius 3 is 2.48 bits per heavy atom. The molecule has 0 heterocycles. The van der Waals surface area contributed by atoms with Crippen LogP contribution in [0, 0.1) is 0 Å². The lowest BCUT2D eigenvalue weighted by Crippen LogP contribution is -2.43. The van der Waals surface area contributed by atoms with Gasteiger partial charge in [-0.3, -0.25) is 4.79 Å². The smallest absolute Gasteiger partial charge is 0.315 e. The summed E-state index contributed by atoms with van der Waals surface area (Å²) in [6, 6.07) is 4.71. The molecule has 0 saturated heterocycles. The van der Waals surface area contributed by atoms with E-state index in [-0.39, 0.29) is 18.0 Å². The van der Waals surface area contributed by atoms with Gasteiger partial charge in [-0.25, -0.2) is 4.79 Å². The number of hydrogen-bond acceptors (Lipinski definition) is 2. The fourth-order valence-corrected chi connectivity index (χ4v) is 2.25. The maximum atomic E-state index is 11.7. The Morgan fingerprint density at radius 1 is 1.29 bits per heavy atom. The van der Waals surface area contributed by atoms with E-state index in [2.05, 4.69) is 10.6 Å². The summed E-state index contributed by atoms with van der Waals surface area (Å²) in [4.78, 5) is 24.7. The normalized spacial score (nSPS) is 10.4. The van der Waals surface area contributed by atoms with Crippen LogP contribution in [0.25, 0.3) is 0 Å². The molecule has 1 aromatic carbocycles. The van der Waals surface area contributed by atoms with E-state index in [0.29, 0.717) is 28.8 Å². The second kappa shape index (κ2) is 8.10. The summed E-state index contributed by atoms with van der Waals surface area (Å²) in [5.74, 6) is -0.162. The van der Waals surface area contributed by atoms with Crippen LogP contribution in [0.2, 0.25) is 10.0 Å². The van der Waals surface area contributed by atoms with Crippen LogP contribution in [0.3, 0.4) is 0 Å². The number of rotatable bonds is 5. The number of benzene rings is 1. The first kappa shape index (κ1) is 17.6. The molecule has 21 heavy (non-hydrogen) atoms. The maximum Gasteiger partial charge on any atom is 0.315 e. The van der Waals surface area contributed by atoms with E-state index < -0.39 is 0 Å². The predicted octanol–water partition coefficient (Wildman–Crippen LogP) is 3.05. The van der Waals surface area contributed by atoms with E-state index in [4.69, 9.17) is 23.2 Å². The zero-order valence-electron chi connectivity index (χ0n) is 12.2. The molecule has 0 radical (unpaired) electrons. The van der Waals surface area contributed by atoms with Crippen molar-refractivity contribution in [3.05, 3.63) is 28.2 Å². The van der Waals surface area contributed by atoms with Gasteiger partial charge in [0, 0.05) is 31.1 Å². The van der Waals surface area contributed by atoms with Gasteiger partial charge >= 0.3 is 6.03 Å². The van der Waals surface area contributed by atoms with Gasteiger partial charge in [-0.2, -0.15) is 0 Å². The number of nitrogens with zero attached hydrogens (tertiary/aromatic N) is 1. The Labute approximate surface area is 134 Å². The number of nitrogens with one attached hydrogen (secondary N) is 2. The first-order valence-electron chi connectivity index (χ1n) is 6.58. The van der Waals surface area contributed by atoms with Crippen molar-refractivity contribution in [1.29, 1.82) is 0 Å².